The number of hydrogen-bond acceptors (Lipinski definition) is 5. The molecule has 6 heteroatoms. The zero-order valence-corrected chi connectivity index (χ0v) is 10.2. The molecule has 1 saturated heterocycles. The van der Waals surface area contributed by atoms with E-state index in [1.165, 1.54) is 11.3 Å². The Morgan fingerprint density at radius 2 is 2.38 bits per heavy atom. The Bertz CT molecular complexity index is 461. The van der Waals surface area contributed by atoms with Crippen molar-refractivity contribution in [3.63, 3.8) is 0 Å². The quantitative estimate of drug-likeness (QED) is 0.767. The van der Waals surface area contributed by atoms with Gasteiger partial charge in [-0.05, 0) is 23.2 Å². The number of rotatable bonds is 3. The van der Waals surface area contributed by atoms with Crippen LogP contribution < -0.4 is 0 Å². The highest BCUT2D eigenvalue weighted by molar-refractivity contribution is 7.91. The molecular weight excluding hydrogens is 248 g/mol. The smallest absolute Gasteiger partial charge is 0.310 e. The highest BCUT2D eigenvalue weighted by Crippen LogP contribution is 2.20. The van der Waals surface area contributed by atoms with Gasteiger partial charge in [0.25, 0.3) is 0 Å². The molecule has 1 aromatic heterocycles. The zero-order chi connectivity index (χ0) is 11.6. The van der Waals surface area contributed by atoms with Crippen molar-refractivity contribution >= 4 is 27.1 Å². The third-order valence-corrected chi connectivity index (χ3v) is 5.03. The number of thiophene rings is 1. The van der Waals surface area contributed by atoms with Crippen molar-refractivity contribution in [3.05, 3.63) is 22.4 Å². The zero-order valence-electron chi connectivity index (χ0n) is 8.59. The average Bonchev–Trinajstić information content (AvgIpc) is 2.83. The van der Waals surface area contributed by atoms with Crippen molar-refractivity contribution in [2.45, 2.75) is 13.0 Å². The number of esters is 1. The van der Waals surface area contributed by atoms with Crippen LogP contribution in [0.1, 0.15) is 12.0 Å². The third-order valence-electron chi connectivity index (χ3n) is 2.53. The fourth-order valence-electron chi connectivity index (χ4n) is 1.63. The molecule has 0 radical (unpaired) electrons. The number of carbonyl (C=O) groups excluding carboxylic acids is 1. The monoisotopic (exact) mass is 260 g/mol. The average molecular weight is 260 g/mol. The molecule has 0 spiro atoms. The van der Waals surface area contributed by atoms with Crippen molar-refractivity contribution < 1.29 is 17.9 Å². The van der Waals surface area contributed by atoms with Crippen LogP contribution in [0.3, 0.4) is 0 Å². The summed E-state index contributed by atoms with van der Waals surface area (Å²) in [5, 5.41) is 3.81. The summed E-state index contributed by atoms with van der Waals surface area (Å²) in [6, 6.07) is 1.88. The van der Waals surface area contributed by atoms with Crippen LogP contribution in [-0.2, 0) is 26.0 Å². The molecule has 0 saturated carbocycles. The van der Waals surface area contributed by atoms with Crippen molar-refractivity contribution in [1.29, 1.82) is 0 Å². The molecule has 2 heterocycles. The lowest BCUT2D eigenvalue weighted by Gasteiger charge is -2.07. The first-order valence-electron chi connectivity index (χ1n) is 4.95. The summed E-state index contributed by atoms with van der Waals surface area (Å²) >= 11 is 1.54. The summed E-state index contributed by atoms with van der Waals surface area (Å²) in [4.78, 5) is 11.5. The van der Waals surface area contributed by atoms with E-state index in [0.29, 0.717) is 6.42 Å². The van der Waals surface area contributed by atoms with Gasteiger partial charge >= 0.3 is 5.97 Å². The van der Waals surface area contributed by atoms with Crippen LogP contribution in [0.2, 0.25) is 0 Å². The first-order chi connectivity index (χ1) is 7.57. The van der Waals surface area contributed by atoms with Crippen molar-refractivity contribution in [2.24, 2.45) is 5.92 Å². The number of ether oxygens (including phenoxy) is 1. The molecule has 1 aliphatic rings. The number of sulfone groups is 1. The highest BCUT2D eigenvalue weighted by atomic mass is 32.2. The van der Waals surface area contributed by atoms with Gasteiger partial charge in [-0.15, -0.1) is 0 Å². The predicted molar refractivity (Wildman–Crippen MR) is 60.9 cm³/mol. The highest BCUT2D eigenvalue weighted by Gasteiger charge is 2.33. The Hall–Kier alpha value is -0.880. The van der Waals surface area contributed by atoms with Crippen LogP contribution in [-0.4, -0.2) is 25.9 Å². The molecule has 16 heavy (non-hydrogen) atoms. The molecule has 0 bridgehead atoms. The summed E-state index contributed by atoms with van der Waals surface area (Å²) in [7, 11) is -3.01. The van der Waals surface area contributed by atoms with E-state index in [4.69, 9.17) is 4.74 Å². The maximum absolute atomic E-state index is 11.5. The minimum Gasteiger partial charge on any atom is -0.461 e. The van der Waals surface area contributed by atoms with Crippen LogP contribution in [0, 0.1) is 5.92 Å². The maximum atomic E-state index is 11.5. The summed E-state index contributed by atoms with van der Waals surface area (Å²) in [5.74, 6) is -0.823. The Balaban J connectivity index is 1.85. The SMILES string of the molecule is O=C(OCc1ccsc1)[C@H]1CCS(=O)(=O)C1. The maximum Gasteiger partial charge on any atom is 0.310 e. The van der Waals surface area contributed by atoms with Crippen LogP contribution in [0.15, 0.2) is 16.8 Å². The molecule has 88 valence electrons. The predicted octanol–water partition coefficient (Wildman–Crippen LogP) is 1.23. The minimum atomic E-state index is -3.01. The van der Waals surface area contributed by atoms with E-state index in [0.717, 1.165) is 5.56 Å². The number of hydrogen-bond donors (Lipinski definition) is 0. The third kappa shape index (κ3) is 2.82. The van der Waals surface area contributed by atoms with Crippen molar-refractivity contribution in [3.8, 4) is 0 Å². The lowest BCUT2D eigenvalue weighted by molar-refractivity contribution is -0.148. The molecule has 4 nitrogen and oxygen atoms in total. The van der Waals surface area contributed by atoms with Gasteiger partial charge in [-0.25, -0.2) is 8.42 Å². The topological polar surface area (TPSA) is 60.4 Å². The lowest BCUT2D eigenvalue weighted by Crippen LogP contribution is -2.18. The molecule has 0 amide bonds. The first kappa shape index (κ1) is 11.6. The summed E-state index contributed by atoms with van der Waals surface area (Å²) in [6.07, 6.45) is 0.394. The van der Waals surface area contributed by atoms with Crippen LogP contribution in [0.4, 0.5) is 0 Å². The van der Waals surface area contributed by atoms with E-state index >= 15 is 0 Å². The molecule has 1 aromatic rings. The molecule has 1 aliphatic heterocycles. The van der Waals surface area contributed by atoms with Gasteiger partial charge in [-0.3, -0.25) is 4.79 Å². The Labute approximate surface area is 98.2 Å². The van der Waals surface area contributed by atoms with Crippen molar-refractivity contribution in [2.75, 3.05) is 11.5 Å². The number of carbonyl (C=O) groups is 1. The second-order valence-electron chi connectivity index (χ2n) is 3.84. The summed E-state index contributed by atoms with van der Waals surface area (Å²) in [5.41, 5.74) is 0.944. The second-order valence-corrected chi connectivity index (χ2v) is 6.85. The summed E-state index contributed by atoms with van der Waals surface area (Å²) < 4.78 is 27.4. The fraction of sp³-hybridized carbons (Fsp3) is 0.500. The van der Waals surface area contributed by atoms with Gasteiger partial charge in [0.15, 0.2) is 9.84 Å². The van der Waals surface area contributed by atoms with Gasteiger partial charge in [0.1, 0.15) is 6.61 Å². The largest absolute Gasteiger partial charge is 0.461 e. The molecule has 1 fully saturated rings. The minimum absolute atomic E-state index is 0.0600. The first-order valence-corrected chi connectivity index (χ1v) is 7.71. The standard InChI is InChI=1S/C10H12O4S2/c11-10(9-2-4-16(12,13)7-9)14-5-8-1-3-15-6-8/h1,3,6,9H,2,4-5,7H2/t9-/m0/s1. The fourth-order valence-corrected chi connectivity index (χ4v) is 4.01. The van der Waals surface area contributed by atoms with Crippen molar-refractivity contribution in [1.82, 2.24) is 0 Å². The van der Waals surface area contributed by atoms with Gasteiger partial charge < -0.3 is 4.74 Å². The van der Waals surface area contributed by atoms with Gasteiger partial charge in [-0.2, -0.15) is 11.3 Å². The van der Waals surface area contributed by atoms with Gasteiger partial charge in [0, 0.05) is 5.56 Å². The van der Waals surface area contributed by atoms with Crippen LogP contribution >= 0.6 is 11.3 Å². The van der Waals surface area contributed by atoms with Gasteiger partial charge in [0.2, 0.25) is 0 Å². The van der Waals surface area contributed by atoms with Crippen LogP contribution in [0.5, 0.6) is 0 Å². The van der Waals surface area contributed by atoms with E-state index in [1.807, 2.05) is 16.8 Å². The van der Waals surface area contributed by atoms with E-state index in [1.54, 1.807) is 0 Å². The Kier molecular flexibility index (Phi) is 3.30. The molecule has 0 aliphatic carbocycles. The lowest BCUT2D eigenvalue weighted by atomic mass is 10.1. The van der Waals surface area contributed by atoms with E-state index in [-0.39, 0.29) is 18.1 Å². The molecule has 2 rings (SSSR count). The summed E-state index contributed by atoms with van der Waals surface area (Å²) in [6.45, 7) is 0.235. The molecule has 1 atom stereocenters. The molecule has 0 aromatic carbocycles. The van der Waals surface area contributed by atoms with E-state index in [2.05, 4.69) is 0 Å². The Morgan fingerprint density at radius 3 is 2.94 bits per heavy atom. The van der Waals surface area contributed by atoms with Gasteiger partial charge in [-0.1, -0.05) is 0 Å². The normalized spacial score (nSPS) is 23.1. The Morgan fingerprint density at radius 1 is 1.56 bits per heavy atom. The van der Waals surface area contributed by atoms with Crippen LogP contribution in [0.25, 0.3) is 0 Å². The molecular formula is C10H12O4S2. The molecule has 0 N–H and O–H groups in total. The molecule has 0 unspecified atom stereocenters. The van der Waals surface area contributed by atoms with E-state index < -0.39 is 21.7 Å². The van der Waals surface area contributed by atoms with E-state index in [9.17, 15) is 13.2 Å². The van der Waals surface area contributed by atoms with Gasteiger partial charge in [0.05, 0.1) is 17.4 Å². The second kappa shape index (κ2) is 4.55.